The third-order valence-electron chi connectivity index (χ3n) is 5.25. The van der Waals surface area contributed by atoms with Crippen molar-refractivity contribution in [2.45, 2.75) is 32.6 Å². The molecule has 1 N–H and O–H groups in total. The van der Waals surface area contributed by atoms with E-state index in [2.05, 4.69) is 80.0 Å². The molecule has 0 amide bonds. The van der Waals surface area contributed by atoms with E-state index in [1.807, 2.05) is 0 Å². The predicted molar refractivity (Wildman–Crippen MR) is 107 cm³/mol. The molecule has 4 rings (SSSR count). The average molecular weight is 331 g/mol. The molecule has 0 fully saturated rings. The van der Waals surface area contributed by atoms with E-state index in [0.717, 1.165) is 42.3 Å². The van der Waals surface area contributed by atoms with Gasteiger partial charge >= 0.3 is 0 Å². The number of anilines is 1. The smallest absolute Gasteiger partial charge is 0.126 e. The van der Waals surface area contributed by atoms with Crippen LogP contribution in [0.4, 0.5) is 11.4 Å². The SMILES string of the molecule is C=C1NC(CN2CC(C)(C)c3ccccc32)=Nc2ccc(CC)cc21. The van der Waals surface area contributed by atoms with Crippen LogP contribution in [0.2, 0.25) is 0 Å². The summed E-state index contributed by atoms with van der Waals surface area (Å²) in [5.41, 5.74) is 7.29. The van der Waals surface area contributed by atoms with E-state index in [1.54, 1.807) is 0 Å². The quantitative estimate of drug-likeness (QED) is 0.886. The van der Waals surface area contributed by atoms with Gasteiger partial charge in [-0.15, -0.1) is 0 Å². The summed E-state index contributed by atoms with van der Waals surface area (Å²) >= 11 is 0. The van der Waals surface area contributed by atoms with Crippen molar-refractivity contribution in [2.24, 2.45) is 4.99 Å². The van der Waals surface area contributed by atoms with Crippen molar-refractivity contribution in [1.82, 2.24) is 5.32 Å². The Morgan fingerprint density at radius 1 is 1.20 bits per heavy atom. The largest absolute Gasteiger partial charge is 0.363 e. The maximum atomic E-state index is 4.86. The highest BCUT2D eigenvalue weighted by molar-refractivity contribution is 6.00. The molecule has 0 atom stereocenters. The molecule has 2 aliphatic heterocycles. The maximum absolute atomic E-state index is 4.86. The second kappa shape index (κ2) is 5.76. The second-order valence-electron chi connectivity index (χ2n) is 7.62. The lowest BCUT2D eigenvalue weighted by molar-refractivity contribution is 0.559. The van der Waals surface area contributed by atoms with Gasteiger partial charge in [0.25, 0.3) is 0 Å². The number of fused-ring (bicyclic) bond motifs is 2. The molecule has 0 aromatic heterocycles. The van der Waals surface area contributed by atoms with Gasteiger partial charge in [0, 0.05) is 28.9 Å². The Kier molecular flexibility index (Phi) is 3.68. The van der Waals surface area contributed by atoms with E-state index < -0.39 is 0 Å². The zero-order valence-electron chi connectivity index (χ0n) is 15.3. The van der Waals surface area contributed by atoms with E-state index in [-0.39, 0.29) is 5.41 Å². The van der Waals surface area contributed by atoms with Gasteiger partial charge in [-0.2, -0.15) is 0 Å². The molecule has 2 heterocycles. The highest BCUT2D eigenvalue weighted by Crippen LogP contribution is 2.40. The Labute approximate surface area is 150 Å². The Morgan fingerprint density at radius 3 is 2.80 bits per heavy atom. The van der Waals surface area contributed by atoms with Crippen molar-refractivity contribution in [1.29, 1.82) is 0 Å². The topological polar surface area (TPSA) is 27.6 Å². The molecule has 0 unspecified atom stereocenters. The first kappa shape index (κ1) is 15.9. The lowest BCUT2D eigenvalue weighted by Gasteiger charge is -2.26. The predicted octanol–water partition coefficient (Wildman–Crippen LogP) is 4.65. The summed E-state index contributed by atoms with van der Waals surface area (Å²) in [7, 11) is 0. The molecule has 0 radical (unpaired) electrons. The molecule has 3 nitrogen and oxygen atoms in total. The number of aliphatic imine (C=N–C) groups is 1. The molecule has 0 saturated heterocycles. The fourth-order valence-corrected chi connectivity index (χ4v) is 3.92. The van der Waals surface area contributed by atoms with Crippen LogP contribution < -0.4 is 10.2 Å². The van der Waals surface area contributed by atoms with Crippen molar-refractivity contribution < 1.29 is 0 Å². The fraction of sp³-hybridized carbons (Fsp3) is 0.318. The number of rotatable bonds is 3. The van der Waals surface area contributed by atoms with Crippen molar-refractivity contribution in [3.63, 3.8) is 0 Å². The summed E-state index contributed by atoms with van der Waals surface area (Å²) < 4.78 is 0. The van der Waals surface area contributed by atoms with Crippen molar-refractivity contribution in [2.75, 3.05) is 18.0 Å². The molecule has 128 valence electrons. The molecule has 0 saturated carbocycles. The van der Waals surface area contributed by atoms with Gasteiger partial charge in [0.2, 0.25) is 0 Å². The van der Waals surface area contributed by atoms with Crippen molar-refractivity contribution >= 4 is 22.9 Å². The fourth-order valence-electron chi connectivity index (χ4n) is 3.92. The first-order valence-electron chi connectivity index (χ1n) is 8.99. The van der Waals surface area contributed by atoms with Gasteiger partial charge in [-0.25, -0.2) is 4.99 Å². The van der Waals surface area contributed by atoms with E-state index in [9.17, 15) is 0 Å². The average Bonchev–Trinajstić information content (AvgIpc) is 2.86. The first-order valence-corrected chi connectivity index (χ1v) is 8.99. The lowest BCUT2D eigenvalue weighted by Crippen LogP contribution is -2.39. The Morgan fingerprint density at radius 2 is 2.00 bits per heavy atom. The minimum absolute atomic E-state index is 0.163. The minimum Gasteiger partial charge on any atom is -0.363 e. The molecule has 0 spiro atoms. The van der Waals surface area contributed by atoms with E-state index in [4.69, 9.17) is 4.99 Å². The zero-order chi connectivity index (χ0) is 17.6. The van der Waals surface area contributed by atoms with Crippen LogP contribution >= 0.6 is 0 Å². The lowest BCUT2D eigenvalue weighted by atomic mass is 9.87. The Balaban J connectivity index is 1.64. The molecule has 3 heteroatoms. The summed E-state index contributed by atoms with van der Waals surface area (Å²) in [6.07, 6.45) is 1.02. The van der Waals surface area contributed by atoms with Crippen LogP contribution in [0, 0.1) is 0 Å². The summed E-state index contributed by atoms with van der Waals surface area (Å²) in [6.45, 7) is 12.8. The number of hydrogen-bond acceptors (Lipinski definition) is 3. The molecule has 0 aliphatic carbocycles. The zero-order valence-corrected chi connectivity index (χ0v) is 15.3. The highest BCUT2D eigenvalue weighted by Gasteiger charge is 2.35. The van der Waals surface area contributed by atoms with Gasteiger partial charge in [0.05, 0.1) is 12.2 Å². The number of nitrogens with zero attached hydrogens (tertiary/aromatic N) is 2. The van der Waals surface area contributed by atoms with E-state index in [0.29, 0.717) is 0 Å². The third kappa shape index (κ3) is 2.74. The van der Waals surface area contributed by atoms with Gasteiger partial charge in [-0.1, -0.05) is 51.6 Å². The van der Waals surface area contributed by atoms with Gasteiger partial charge in [-0.3, -0.25) is 0 Å². The first-order chi connectivity index (χ1) is 12.0. The third-order valence-corrected chi connectivity index (χ3v) is 5.25. The number of nitrogens with one attached hydrogen (secondary N) is 1. The number of hydrogen-bond donors (Lipinski definition) is 1. The molecule has 2 aliphatic rings. The molecule has 0 bridgehead atoms. The number of aryl methyl sites for hydroxylation is 1. The van der Waals surface area contributed by atoms with Crippen LogP contribution in [0.3, 0.4) is 0 Å². The maximum Gasteiger partial charge on any atom is 0.126 e. The van der Waals surface area contributed by atoms with Crippen molar-refractivity contribution in [3.8, 4) is 0 Å². The van der Waals surface area contributed by atoms with Gasteiger partial charge in [0.1, 0.15) is 5.84 Å². The highest BCUT2D eigenvalue weighted by atomic mass is 15.2. The normalized spacial score (nSPS) is 17.6. The Hall–Kier alpha value is -2.55. The standard InChI is InChI=1S/C22H25N3/c1-5-16-10-11-19-17(12-16)15(2)23-21(24-19)13-25-14-22(3,4)18-8-6-7-9-20(18)25/h6-12H,2,5,13-14H2,1,3-4H3,(H,23,24). The number of benzene rings is 2. The summed E-state index contributed by atoms with van der Waals surface area (Å²) in [6, 6.07) is 15.2. The molecule has 25 heavy (non-hydrogen) atoms. The van der Waals surface area contributed by atoms with Crippen LogP contribution in [0.15, 0.2) is 54.0 Å². The van der Waals surface area contributed by atoms with Crippen LogP contribution in [0.25, 0.3) is 5.70 Å². The summed E-state index contributed by atoms with van der Waals surface area (Å²) in [5, 5.41) is 3.42. The van der Waals surface area contributed by atoms with E-state index >= 15 is 0 Å². The van der Waals surface area contributed by atoms with Gasteiger partial charge < -0.3 is 10.2 Å². The molecular formula is C22H25N3. The number of amidine groups is 1. The van der Waals surface area contributed by atoms with Crippen LogP contribution in [0.5, 0.6) is 0 Å². The Bertz CT molecular complexity index is 877. The molecular weight excluding hydrogens is 306 g/mol. The minimum atomic E-state index is 0.163. The van der Waals surface area contributed by atoms with Crippen LogP contribution in [-0.4, -0.2) is 18.9 Å². The summed E-state index contributed by atoms with van der Waals surface area (Å²) in [4.78, 5) is 7.27. The molecule has 2 aromatic rings. The van der Waals surface area contributed by atoms with Gasteiger partial charge in [-0.05, 0) is 35.7 Å². The van der Waals surface area contributed by atoms with Gasteiger partial charge in [0.15, 0.2) is 0 Å². The monoisotopic (exact) mass is 331 g/mol. The summed E-state index contributed by atoms with van der Waals surface area (Å²) in [5.74, 6) is 0.967. The van der Waals surface area contributed by atoms with E-state index in [1.165, 1.54) is 16.8 Å². The van der Waals surface area contributed by atoms with Crippen LogP contribution in [-0.2, 0) is 11.8 Å². The van der Waals surface area contributed by atoms with Crippen LogP contribution in [0.1, 0.15) is 37.5 Å². The number of para-hydroxylation sites is 1. The second-order valence-corrected chi connectivity index (χ2v) is 7.62. The van der Waals surface area contributed by atoms with Crippen molar-refractivity contribution in [3.05, 3.63) is 65.7 Å². The molecule has 2 aromatic carbocycles.